The van der Waals surface area contributed by atoms with Crippen LogP contribution in [0.15, 0.2) is 18.2 Å². The van der Waals surface area contributed by atoms with Crippen LogP contribution in [-0.4, -0.2) is 26.6 Å². The highest BCUT2D eigenvalue weighted by Gasteiger charge is 2.10. The third-order valence-electron chi connectivity index (χ3n) is 2.24. The van der Waals surface area contributed by atoms with Crippen molar-refractivity contribution in [1.82, 2.24) is 5.32 Å². The monoisotopic (exact) mass is 223 g/mol. The third kappa shape index (κ3) is 2.64. The number of hydrogen-bond acceptors (Lipinski definition) is 4. The second-order valence-corrected chi connectivity index (χ2v) is 3.31. The second-order valence-electron chi connectivity index (χ2n) is 3.31. The molecule has 0 atom stereocenters. The van der Waals surface area contributed by atoms with Crippen LogP contribution in [0.25, 0.3) is 0 Å². The van der Waals surface area contributed by atoms with Gasteiger partial charge in [0.25, 0.3) is 5.91 Å². The number of carbonyl (C=O) groups excluding carboxylic acids is 1. The molecule has 1 aromatic carbocycles. The number of nitrogens with two attached hydrogens (primary N) is 1. The maximum atomic E-state index is 11.6. The van der Waals surface area contributed by atoms with Crippen molar-refractivity contribution in [2.45, 2.75) is 6.92 Å². The van der Waals surface area contributed by atoms with E-state index in [4.69, 9.17) is 10.6 Å². The van der Waals surface area contributed by atoms with Gasteiger partial charge in [-0.05, 0) is 25.1 Å². The molecule has 0 spiro atoms. The summed E-state index contributed by atoms with van der Waals surface area (Å²) in [6.45, 7) is 2.47. The topological polar surface area (TPSA) is 67.6 Å². The Balaban J connectivity index is 3.02. The summed E-state index contributed by atoms with van der Waals surface area (Å²) in [6, 6.07) is 5.08. The van der Waals surface area contributed by atoms with Crippen molar-refractivity contribution in [3.63, 3.8) is 0 Å². The molecule has 3 N–H and O–H groups in total. The number of anilines is 2. The lowest BCUT2D eigenvalue weighted by molar-refractivity contribution is 0.0956. The molecule has 5 nitrogen and oxygen atoms in total. The van der Waals surface area contributed by atoms with Gasteiger partial charge < -0.3 is 11.1 Å². The molecule has 1 amide bonds. The molecule has 0 saturated heterocycles. The zero-order valence-electron chi connectivity index (χ0n) is 9.78. The maximum Gasteiger partial charge on any atom is 0.251 e. The van der Waals surface area contributed by atoms with Crippen LogP contribution >= 0.6 is 0 Å². The highest BCUT2D eigenvalue weighted by molar-refractivity contribution is 5.96. The van der Waals surface area contributed by atoms with E-state index in [-0.39, 0.29) is 5.91 Å². The van der Waals surface area contributed by atoms with Gasteiger partial charge in [-0.1, -0.05) is 0 Å². The predicted molar refractivity (Wildman–Crippen MR) is 64.3 cm³/mol. The molecule has 0 heterocycles. The number of nitrogens with one attached hydrogen (secondary N) is 1. The first-order chi connectivity index (χ1) is 7.60. The average Bonchev–Trinajstić information content (AvgIpc) is 2.29. The van der Waals surface area contributed by atoms with E-state index in [1.165, 1.54) is 12.2 Å². The van der Waals surface area contributed by atoms with E-state index in [2.05, 4.69) is 5.32 Å². The fourth-order valence-corrected chi connectivity index (χ4v) is 1.32. The van der Waals surface area contributed by atoms with Gasteiger partial charge in [0, 0.05) is 19.2 Å². The van der Waals surface area contributed by atoms with E-state index in [0.29, 0.717) is 23.5 Å². The molecule has 0 bridgehead atoms. The van der Waals surface area contributed by atoms with Crippen LogP contribution in [0, 0.1) is 0 Å². The number of hydrogen-bond donors (Lipinski definition) is 2. The summed E-state index contributed by atoms with van der Waals surface area (Å²) in [4.78, 5) is 16.6. The molecule has 5 heteroatoms. The summed E-state index contributed by atoms with van der Waals surface area (Å²) >= 11 is 0. The van der Waals surface area contributed by atoms with Gasteiger partial charge in [0.1, 0.15) is 0 Å². The van der Waals surface area contributed by atoms with Gasteiger partial charge in [-0.15, -0.1) is 0 Å². The standard InChI is InChI=1S/C11H17N3O2/c1-4-13-11(15)8-5-6-9(12)10(7-8)14(2)16-3/h5-7H,4,12H2,1-3H3,(H,13,15). The quantitative estimate of drug-likeness (QED) is 0.590. The van der Waals surface area contributed by atoms with E-state index in [1.54, 1.807) is 25.2 Å². The molecule has 0 unspecified atom stereocenters. The lowest BCUT2D eigenvalue weighted by Crippen LogP contribution is -2.23. The van der Waals surface area contributed by atoms with Gasteiger partial charge in [-0.2, -0.15) is 0 Å². The predicted octanol–water partition coefficient (Wildman–Crippen LogP) is 1.02. The summed E-state index contributed by atoms with van der Waals surface area (Å²) in [5, 5.41) is 4.24. The molecule has 16 heavy (non-hydrogen) atoms. The molecule has 1 rings (SSSR count). The first-order valence-corrected chi connectivity index (χ1v) is 5.05. The number of benzene rings is 1. The summed E-state index contributed by atoms with van der Waals surface area (Å²) in [6.07, 6.45) is 0. The van der Waals surface area contributed by atoms with E-state index < -0.39 is 0 Å². The van der Waals surface area contributed by atoms with Crippen LogP contribution < -0.4 is 16.1 Å². The summed E-state index contributed by atoms with van der Waals surface area (Å²) in [7, 11) is 3.27. The number of nitrogen functional groups attached to an aromatic ring is 1. The largest absolute Gasteiger partial charge is 0.397 e. The Morgan fingerprint density at radius 2 is 2.25 bits per heavy atom. The van der Waals surface area contributed by atoms with Crippen molar-refractivity contribution in [2.24, 2.45) is 0 Å². The molecular formula is C11H17N3O2. The van der Waals surface area contributed by atoms with Crippen molar-refractivity contribution in [3.05, 3.63) is 23.8 Å². The van der Waals surface area contributed by atoms with Gasteiger partial charge in [0.2, 0.25) is 0 Å². The fraction of sp³-hybridized carbons (Fsp3) is 0.364. The summed E-state index contributed by atoms with van der Waals surface area (Å²) < 4.78 is 0. The fourth-order valence-electron chi connectivity index (χ4n) is 1.32. The highest BCUT2D eigenvalue weighted by Crippen LogP contribution is 2.23. The van der Waals surface area contributed by atoms with Crippen LogP contribution in [0.2, 0.25) is 0 Å². The minimum absolute atomic E-state index is 0.117. The lowest BCUT2D eigenvalue weighted by Gasteiger charge is -2.18. The van der Waals surface area contributed by atoms with E-state index in [1.807, 2.05) is 6.92 Å². The van der Waals surface area contributed by atoms with Crippen molar-refractivity contribution in [3.8, 4) is 0 Å². The van der Waals surface area contributed by atoms with Gasteiger partial charge in [0.05, 0.1) is 18.5 Å². The Morgan fingerprint density at radius 3 is 2.81 bits per heavy atom. The molecule has 0 aromatic heterocycles. The van der Waals surface area contributed by atoms with Crippen molar-refractivity contribution in [1.29, 1.82) is 0 Å². The van der Waals surface area contributed by atoms with E-state index in [9.17, 15) is 4.79 Å². The Bertz CT molecular complexity index is 379. The van der Waals surface area contributed by atoms with Gasteiger partial charge in [0.15, 0.2) is 0 Å². The van der Waals surface area contributed by atoms with Crippen molar-refractivity contribution in [2.75, 3.05) is 31.5 Å². The van der Waals surface area contributed by atoms with Crippen LogP contribution in [0.3, 0.4) is 0 Å². The van der Waals surface area contributed by atoms with E-state index >= 15 is 0 Å². The zero-order valence-corrected chi connectivity index (χ0v) is 9.78. The summed E-state index contributed by atoms with van der Waals surface area (Å²) in [5.41, 5.74) is 7.59. The number of hydroxylamine groups is 1. The molecule has 88 valence electrons. The molecule has 0 aliphatic carbocycles. The molecule has 0 fully saturated rings. The van der Waals surface area contributed by atoms with Crippen LogP contribution in [-0.2, 0) is 4.84 Å². The zero-order chi connectivity index (χ0) is 12.1. The number of nitrogens with zero attached hydrogens (tertiary/aromatic N) is 1. The van der Waals surface area contributed by atoms with Crippen LogP contribution in [0.4, 0.5) is 11.4 Å². The number of rotatable bonds is 4. The van der Waals surface area contributed by atoms with Crippen LogP contribution in [0.5, 0.6) is 0 Å². The smallest absolute Gasteiger partial charge is 0.251 e. The first-order valence-electron chi connectivity index (χ1n) is 5.05. The minimum Gasteiger partial charge on any atom is -0.397 e. The second kappa shape index (κ2) is 5.37. The molecule has 1 aromatic rings. The van der Waals surface area contributed by atoms with Crippen molar-refractivity contribution < 1.29 is 9.63 Å². The Morgan fingerprint density at radius 1 is 1.56 bits per heavy atom. The Hall–Kier alpha value is -1.75. The van der Waals surface area contributed by atoms with Gasteiger partial charge in [-0.3, -0.25) is 14.7 Å². The SMILES string of the molecule is CCNC(=O)c1ccc(N)c(N(C)OC)c1. The first kappa shape index (κ1) is 12.3. The van der Waals surface area contributed by atoms with E-state index in [0.717, 1.165) is 0 Å². The minimum atomic E-state index is -0.117. The van der Waals surface area contributed by atoms with Gasteiger partial charge in [-0.25, -0.2) is 0 Å². The molecule has 0 saturated carbocycles. The Kier molecular flexibility index (Phi) is 4.13. The average molecular weight is 223 g/mol. The van der Waals surface area contributed by atoms with Crippen LogP contribution in [0.1, 0.15) is 17.3 Å². The maximum absolute atomic E-state index is 11.6. The van der Waals surface area contributed by atoms with Gasteiger partial charge >= 0.3 is 0 Å². The number of amides is 1. The molecule has 0 radical (unpaired) electrons. The highest BCUT2D eigenvalue weighted by atomic mass is 16.7. The molecular weight excluding hydrogens is 206 g/mol. The lowest BCUT2D eigenvalue weighted by atomic mass is 10.1. The normalized spacial score (nSPS) is 9.94. The van der Waals surface area contributed by atoms with Crippen molar-refractivity contribution >= 4 is 17.3 Å². The Labute approximate surface area is 95.1 Å². The summed E-state index contributed by atoms with van der Waals surface area (Å²) in [5.74, 6) is -0.117. The third-order valence-corrected chi connectivity index (χ3v) is 2.24. The number of carbonyl (C=O) groups is 1. The molecule has 0 aliphatic heterocycles. The molecule has 0 aliphatic rings.